The Morgan fingerprint density at radius 3 is 2.69 bits per heavy atom. The van der Waals surface area contributed by atoms with Crippen molar-refractivity contribution in [2.24, 2.45) is 0 Å². The number of aromatic nitrogens is 3. The van der Waals surface area contributed by atoms with Crippen LogP contribution >= 0.6 is 0 Å². The van der Waals surface area contributed by atoms with Gasteiger partial charge in [-0.25, -0.2) is 14.3 Å². The SMILES string of the molecule is CC(C)(C)c1ccnc2cc(C(=O)O)nn12. The Balaban J connectivity index is 2.73. The van der Waals surface area contributed by atoms with Gasteiger partial charge in [0.15, 0.2) is 11.3 Å². The van der Waals surface area contributed by atoms with Crippen LogP contribution in [0.15, 0.2) is 18.3 Å². The Hall–Kier alpha value is -1.91. The molecule has 0 aliphatic heterocycles. The van der Waals surface area contributed by atoms with Crippen LogP contribution in [-0.2, 0) is 5.41 Å². The molecule has 2 aromatic heterocycles. The molecule has 0 spiro atoms. The third kappa shape index (κ3) is 1.64. The fourth-order valence-electron chi connectivity index (χ4n) is 1.57. The van der Waals surface area contributed by atoms with Crippen molar-refractivity contribution >= 4 is 11.6 Å². The number of hydrogen-bond donors (Lipinski definition) is 1. The normalized spacial score (nSPS) is 11.9. The topological polar surface area (TPSA) is 67.5 Å². The number of fused-ring (bicyclic) bond motifs is 1. The van der Waals surface area contributed by atoms with E-state index in [1.807, 2.05) is 26.8 Å². The summed E-state index contributed by atoms with van der Waals surface area (Å²) in [5.41, 5.74) is 1.40. The summed E-state index contributed by atoms with van der Waals surface area (Å²) in [4.78, 5) is 14.9. The smallest absolute Gasteiger partial charge is 0.356 e. The lowest BCUT2D eigenvalue weighted by molar-refractivity contribution is 0.0690. The van der Waals surface area contributed by atoms with Gasteiger partial charge < -0.3 is 5.11 Å². The lowest BCUT2D eigenvalue weighted by Crippen LogP contribution is -2.17. The molecule has 0 aromatic carbocycles. The van der Waals surface area contributed by atoms with E-state index in [1.165, 1.54) is 6.07 Å². The number of carboxylic acid groups (broad SMARTS) is 1. The molecule has 0 aliphatic carbocycles. The van der Waals surface area contributed by atoms with Gasteiger partial charge in [-0.1, -0.05) is 20.8 Å². The van der Waals surface area contributed by atoms with E-state index < -0.39 is 5.97 Å². The first-order valence-electron chi connectivity index (χ1n) is 4.98. The minimum atomic E-state index is -1.04. The van der Waals surface area contributed by atoms with Crippen molar-refractivity contribution in [3.63, 3.8) is 0 Å². The van der Waals surface area contributed by atoms with Gasteiger partial charge in [0.25, 0.3) is 0 Å². The fourth-order valence-corrected chi connectivity index (χ4v) is 1.57. The second kappa shape index (κ2) is 3.30. The maximum absolute atomic E-state index is 10.8. The van der Waals surface area contributed by atoms with Crippen LogP contribution in [0.4, 0.5) is 0 Å². The molecule has 84 valence electrons. The molecule has 0 unspecified atom stereocenters. The average molecular weight is 219 g/mol. The molecule has 2 heterocycles. The molecule has 0 radical (unpaired) electrons. The van der Waals surface area contributed by atoms with Crippen LogP contribution in [0.3, 0.4) is 0 Å². The lowest BCUT2D eigenvalue weighted by Gasteiger charge is -2.19. The van der Waals surface area contributed by atoms with Crippen LogP contribution in [0.5, 0.6) is 0 Å². The third-order valence-corrected chi connectivity index (χ3v) is 2.35. The minimum absolute atomic E-state index is 0.0178. The number of nitrogens with zero attached hydrogens (tertiary/aromatic N) is 3. The summed E-state index contributed by atoms with van der Waals surface area (Å²) in [6, 6.07) is 3.32. The van der Waals surface area contributed by atoms with Crippen LogP contribution in [0.1, 0.15) is 37.0 Å². The number of rotatable bonds is 1. The van der Waals surface area contributed by atoms with Crippen LogP contribution < -0.4 is 0 Å². The van der Waals surface area contributed by atoms with Gasteiger partial charge in [-0.2, -0.15) is 5.10 Å². The lowest BCUT2D eigenvalue weighted by atomic mass is 9.92. The van der Waals surface area contributed by atoms with Crippen molar-refractivity contribution < 1.29 is 9.90 Å². The van der Waals surface area contributed by atoms with Crippen molar-refractivity contribution in [2.45, 2.75) is 26.2 Å². The highest BCUT2D eigenvalue weighted by Gasteiger charge is 2.20. The van der Waals surface area contributed by atoms with Crippen molar-refractivity contribution in [3.8, 4) is 0 Å². The standard InChI is InChI=1S/C11H13N3O2/c1-11(2,3)8-4-5-12-9-6-7(10(15)16)13-14(8)9/h4-6H,1-3H3,(H,15,16). The predicted octanol–water partition coefficient (Wildman–Crippen LogP) is 1.73. The van der Waals surface area contributed by atoms with E-state index in [1.54, 1.807) is 10.7 Å². The Morgan fingerprint density at radius 1 is 1.44 bits per heavy atom. The molecular weight excluding hydrogens is 206 g/mol. The highest BCUT2D eigenvalue weighted by atomic mass is 16.4. The molecule has 16 heavy (non-hydrogen) atoms. The van der Waals surface area contributed by atoms with Gasteiger partial charge >= 0.3 is 5.97 Å². The Kier molecular flexibility index (Phi) is 2.18. The summed E-state index contributed by atoms with van der Waals surface area (Å²) in [5, 5.41) is 12.9. The zero-order valence-corrected chi connectivity index (χ0v) is 9.43. The van der Waals surface area contributed by atoms with Crippen molar-refractivity contribution in [2.75, 3.05) is 0 Å². The molecular formula is C11H13N3O2. The predicted molar refractivity (Wildman–Crippen MR) is 58.6 cm³/mol. The first-order chi connectivity index (χ1) is 7.39. The summed E-state index contributed by atoms with van der Waals surface area (Å²) in [7, 11) is 0. The number of carbonyl (C=O) groups is 1. The van der Waals surface area contributed by atoms with E-state index in [4.69, 9.17) is 5.11 Å². The summed E-state index contributed by atoms with van der Waals surface area (Å²) >= 11 is 0. The number of aromatic carboxylic acids is 1. The highest BCUT2D eigenvalue weighted by Crippen LogP contribution is 2.22. The van der Waals surface area contributed by atoms with E-state index in [-0.39, 0.29) is 11.1 Å². The maximum Gasteiger partial charge on any atom is 0.356 e. The van der Waals surface area contributed by atoms with E-state index in [0.717, 1.165) is 5.69 Å². The third-order valence-electron chi connectivity index (χ3n) is 2.35. The first-order valence-corrected chi connectivity index (χ1v) is 4.98. The van der Waals surface area contributed by atoms with Gasteiger partial charge in [-0.3, -0.25) is 0 Å². The van der Waals surface area contributed by atoms with Crippen molar-refractivity contribution in [3.05, 3.63) is 29.7 Å². The monoisotopic (exact) mass is 219 g/mol. The molecule has 5 nitrogen and oxygen atoms in total. The van der Waals surface area contributed by atoms with Crippen LogP contribution in [-0.4, -0.2) is 25.7 Å². The number of hydrogen-bond acceptors (Lipinski definition) is 3. The fraction of sp³-hybridized carbons (Fsp3) is 0.364. The molecule has 0 amide bonds. The largest absolute Gasteiger partial charge is 0.476 e. The minimum Gasteiger partial charge on any atom is -0.476 e. The molecule has 0 aliphatic rings. The molecule has 1 N–H and O–H groups in total. The second-order valence-corrected chi connectivity index (χ2v) is 4.68. The molecule has 0 saturated carbocycles. The van der Waals surface area contributed by atoms with E-state index in [9.17, 15) is 4.79 Å². The Morgan fingerprint density at radius 2 is 2.12 bits per heavy atom. The van der Waals surface area contributed by atoms with Gasteiger partial charge in [-0.15, -0.1) is 0 Å². The zero-order valence-electron chi connectivity index (χ0n) is 9.43. The van der Waals surface area contributed by atoms with Crippen LogP contribution in [0.25, 0.3) is 5.65 Å². The Labute approximate surface area is 92.7 Å². The van der Waals surface area contributed by atoms with Gasteiger partial charge in [0.05, 0.1) is 5.69 Å². The number of carboxylic acids is 1. The van der Waals surface area contributed by atoms with Crippen molar-refractivity contribution in [1.82, 2.24) is 14.6 Å². The molecule has 0 bridgehead atoms. The van der Waals surface area contributed by atoms with Gasteiger partial charge in [0.1, 0.15) is 0 Å². The van der Waals surface area contributed by atoms with E-state index >= 15 is 0 Å². The van der Waals surface area contributed by atoms with E-state index in [2.05, 4.69) is 10.1 Å². The molecule has 0 saturated heterocycles. The molecule has 2 rings (SSSR count). The molecule has 0 atom stereocenters. The molecule has 2 aromatic rings. The van der Waals surface area contributed by atoms with Gasteiger partial charge in [-0.05, 0) is 6.07 Å². The highest BCUT2D eigenvalue weighted by molar-refractivity contribution is 5.86. The summed E-state index contributed by atoms with van der Waals surface area (Å²) in [6.45, 7) is 6.14. The van der Waals surface area contributed by atoms with Gasteiger partial charge in [0.2, 0.25) is 0 Å². The zero-order chi connectivity index (χ0) is 11.9. The molecule has 0 fully saturated rings. The first kappa shape index (κ1) is 10.6. The van der Waals surface area contributed by atoms with Crippen molar-refractivity contribution in [1.29, 1.82) is 0 Å². The van der Waals surface area contributed by atoms with Crippen LogP contribution in [0, 0.1) is 0 Å². The summed E-state index contributed by atoms with van der Waals surface area (Å²) in [5.74, 6) is -1.04. The second-order valence-electron chi connectivity index (χ2n) is 4.68. The molecule has 5 heteroatoms. The van der Waals surface area contributed by atoms with E-state index in [0.29, 0.717) is 5.65 Å². The van der Waals surface area contributed by atoms with Gasteiger partial charge in [0, 0.05) is 17.7 Å². The van der Waals surface area contributed by atoms with Crippen LogP contribution in [0.2, 0.25) is 0 Å². The Bertz CT molecular complexity index is 552. The average Bonchev–Trinajstić information content (AvgIpc) is 2.58. The maximum atomic E-state index is 10.8. The summed E-state index contributed by atoms with van der Waals surface area (Å²) in [6.07, 6.45) is 1.67. The summed E-state index contributed by atoms with van der Waals surface area (Å²) < 4.78 is 1.59. The quantitative estimate of drug-likeness (QED) is 0.793.